The van der Waals surface area contributed by atoms with Gasteiger partial charge in [0.2, 0.25) is 0 Å². The Morgan fingerprint density at radius 3 is 2.61 bits per heavy atom. The first-order chi connectivity index (χ1) is 8.79. The van der Waals surface area contributed by atoms with Crippen LogP contribution in [-0.2, 0) is 6.54 Å². The predicted molar refractivity (Wildman–Crippen MR) is 71.4 cm³/mol. The standard InChI is InChI=1S/C14H15N3O/c1-15-9-11-4-6-12(7-5-11)14(18)17-13-3-2-8-16-10-13/h2-8,10,15H,9H2,1H3,(H,17,18). The number of hydrogen-bond donors (Lipinski definition) is 2. The van der Waals surface area contributed by atoms with Gasteiger partial charge in [-0.2, -0.15) is 0 Å². The van der Waals surface area contributed by atoms with Gasteiger partial charge in [-0.15, -0.1) is 0 Å². The maximum Gasteiger partial charge on any atom is 0.255 e. The number of pyridine rings is 1. The van der Waals surface area contributed by atoms with Crippen LogP contribution in [0.25, 0.3) is 0 Å². The van der Waals surface area contributed by atoms with Crippen LogP contribution >= 0.6 is 0 Å². The summed E-state index contributed by atoms with van der Waals surface area (Å²) in [6, 6.07) is 11.1. The van der Waals surface area contributed by atoms with Crippen molar-refractivity contribution < 1.29 is 4.79 Å². The van der Waals surface area contributed by atoms with E-state index in [1.54, 1.807) is 24.5 Å². The van der Waals surface area contributed by atoms with Gasteiger partial charge in [0, 0.05) is 18.3 Å². The van der Waals surface area contributed by atoms with E-state index in [1.807, 2.05) is 31.3 Å². The van der Waals surface area contributed by atoms with Crippen LogP contribution in [0, 0.1) is 0 Å². The lowest BCUT2D eigenvalue weighted by Gasteiger charge is -2.05. The molecule has 0 saturated heterocycles. The van der Waals surface area contributed by atoms with Crippen LogP contribution in [0.5, 0.6) is 0 Å². The lowest BCUT2D eigenvalue weighted by Crippen LogP contribution is -2.12. The minimum atomic E-state index is -0.126. The highest BCUT2D eigenvalue weighted by Crippen LogP contribution is 2.08. The second kappa shape index (κ2) is 5.93. The van der Waals surface area contributed by atoms with E-state index < -0.39 is 0 Å². The third-order valence-corrected chi connectivity index (χ3v) is 2.52. The van der Waals surface area contributed by atoms with E-state index in [2.05, 4.69) is 15.6 Å². The smallest absolute Gasteiger partial charge is 0.255 e. The first kappa shape index (κ1) is 12.3. The molecule has 2 N–H and O–H groups in total. The van der Waals surface area contributed by atoms with Gasteiger partial charge < -0.3 is 10.6 Å². The van der Waals surface area contributed by atoms with Gasteiger partial charge in [-0.3, -0.25) is 9.78 Å². The van der Waals surface area contributed by atoms with E-state index in [0.29, 0.717) is 11.3 Å². The predicted octanol–water partition coefficient (Wildman–Crippen LogP) is 2.05. The number of amides is 1. The molecule has 0 aliphatic carbocycles. The maximum atomic E-state index is 11.9. The molecule has 0 radical (unpaired) electrons. The first-order valence-electron chi connectivity index (χ1n) is 5.74. The molecule has 1 aromatic carbocycles. The van der Waals surface area contributed by atoms with Crippen LogP contribution in [-0.4, -0.2) is 17.9 Å². The molecule has 2 aromatic rings. The summed E-state index contributed by atoms with van der Waals surface area (Å²) in [5.41, 5.74) is 2.48. The molecule has 92 valence electrons. The van der Waals surface area contributed by atoms with Crippen molar-refractivity contribution in [3.63, 3.8) is 0 Å². The molecular formula is C14H15N3O. The van der Waals surface area contributed by atoms with Gasteiger partial charge in [-0.25, -0.2) is 0 Å². The topological polar surface area (TPSA) is 54.0 Å². The van der Waals surface area contributed by atoms with Gasteiger partial charge in [0.05, 0.1) is 11.9 Å². The summed E-state index contributed by atoms with van der Waals surface area (Å²) >= 11 is 0. The number of rotatable bonds is 4. The molecule has 18 heavy (non-hydrogen) atoms. The van der Waals surface area contributed by atoms with Crippen molar-refractivity contribution in [1.29, 1.82) is 0 Å². The molecule has 0 aliphatic heterocycles. The highest BCUT2D eigenvalue weighted by Gasteiger charge is 2.05. The Morgan fingerprint density at radius 1 is 1.22 bits per heavy atom. The lowest BCUT2D eigenvalue weighted by atomic mass is 10.1. The summed E-state index contributed by atoms with van der Waals surface area (Å²) in [7, 11) is 1.89. The normalized spacial score (nSPS) is 10.1. The zero-order chi connectivity index (χ0) is 12.8. The maximum absolute atomic E-state index is 11.9. The Morgan fingerprint density at radius 2 is 2.00 bits per heavy atom. The van der Waals surface area contributed by atoms with E-state index in [9.17, 15) is 4.79 Å². The van der Waals surface area contributed by atoms with Gasteiger partial charge in [-0.1, -0.05) is 12.1 Å². The summed E-state index contributed by atoms with van der Waals surface area (Å²) in [6.07, 6.45) is 3.29. The Bertz CT molecular complexity index is 508. The molecule has 0 bridgehead atoms. The molecule has 0 unspecified atom stereocenters. The van der Waals surface area contributed by atoms with Crippen LogP contribution in [0.1, 0.15) is 15.9 Å². The Hall–Kier alpha value is -2.20. The van der Waals surface area contributed by atoms with Gasteiger partial charge in [-0.05, 0) is 36.9 Å². The quantitative estimate of drug-likeness (QED) is 0.861. The molecular weight excluding hydrogens is 226 g/mol. The highest BCUT2D eigenvalue weighted by molar-refractivity contribution is 6.04. The van der Waals surface area contributed by atoms with Gasteiger partial charge in [0.1, 0.15) is 0 Å². The second-order valence-electron chi connectivity index (χ2n) is 3.92. The molecule has 0 saturated carbocycles. The number of nitrogens with one attached hydrogen (secondary N) is 2. The van der Waals surface area contributed by atoms with E-state index >= 15 is 0 Å². The molecule has 0 fully saturated rings. The number of anilines is 1. The number of hydrogen-bond acceptors (Lipinski definition) is 3. The van der Waals surface area contributed by atoms with Crippen molar-refractivity contribution >= 4 is 11.6 Å². The first-order valence-corrected chi connectivity index (χ1v) is 5.74. The number of nitrogens with zero attached hydrogens (tertiary/aromatic N) is 1. The van der Waals surface area contributed by atoms with E-state index in [4.69, 9.17) is 0 Å². The second-order valence-corrected chi connectivity index (χ2v) is 3.92. The highest BCUT2D eigenvalue weighted by atomic mass is 16.1. The molecule has 1 heterocycles. The zero-order valence-corrected chi connectivity index (χ0v) is 10.2. The fraction of sp³-hybridized carbons (Fsp3) is 0.143. The van der Waals surface area contributed by atoms with Gasteiger partial charge >= 0.3 is 0 Å². The largest absolute Gasteiger partial charge is 0.321 e. The number of carbonyl (C=O) groups is 1. The summed E-state index contributed by atoms with van der Waals surface area (Å²) in [5, 5.41) is 5.86. The summed E-state index contributed by atoms with van der Waals surface area (Å²) < 4.78 is 0. The van der Waals surface area contributed by atoms with Crippen LogP contribution in [0.4, 0.5) is 5.69 Å². The minimum Gasteiger partial charge on any atom is -0.321 e. The Labute approximate surface area is 106 Å². The van der Waals surface area contributed by atoms with Crippen LogP contribution in [0.3, 0.4) is 0 Å². The fourth-order valence-corrected chi connectivity index (χ4v) is 1.62. The van der Waals surface area contributed by atoms with E-state index in [-0.39, 0.29) is 5.91 Å². The third-order valence-electron chi connectivity index (χ3n) is 2.52. The molecule has 2 rings (SSSR count). The van der Waals surface area contributed by atoms with Crippen molar-refractivity contribution in [3.05, 3.63) is 59.9 Å². The Balaban J connectivity index is 2.05. The van der Waals surface area contributed by atoms with E-state index in [1.165, 1.54) is 0 Å². The summed E-state index contributed by atoms with van der Waals surface area (Å²) in [6.45, 7) is 0.796. The molecule has 1 aromatic heterocycles. The average molecular weight is 241 g/mol. The number of aromatic nitrogens is 1. The minimum absolute atomic E-state index is 0.126. The third kappa shape index (κ3) is 3.15. The lowest BCUT2D eigenvalue weighted by molar-refractivity contribution is 0.102. The van der Waals surface area contributed by atoms with Crippen molar-refractivity contribution in [2.24, 2.45) is 0 Å². The van der Waals surface area contributed by atoms with Gasteiger partial charge in [0.25, 0.3) is 5.91 Å². The van der Waals surface area contributed by atoms with Crippen LogP contribution in [0.15, 0.2) is 48.8 Å². The van der Waals surface area contributed by atoms with Gasteiger partial charge in [0.15, 0.2) is 0 Å². The SMILES string of the molecule is CNCc1ccc(C(=O)Nc2cccnc2)cc1. The Kier molecular flexibility index (Phi) is 4.04. The number of benzene rings is 1. The average Bonchev–Trinajstić information content (AvgIpc) is 2.41. The molecule has 0 atom stereocenters. The molecule has 0 spiro atoms. The van der Waals surface area contributed by atoms with Crippen LogP contribution in [0.2, 0.25) is 0 Å². The summed E-state index contributed by atoms with van der Waals surface area (Å²) in [4.78, 5) is 15.9. The summed E-state index contributed by atoms with van der Waals surface area (Å²) in [5.74, 6) is -0.126. The molecule has 1 amide bonds. The van der Waals surface area contributed by atoms with Crippen molar-refractivity contribution in [1.82, 2.24) is 10.3 Å². The molecule has 4 nitrogen and oxygen atoms in total. The zero-order valence-electron chi connectivity index (χ0n) is 10.2. The van der Waals surface area contributed by atoms with E-state index in [0.717, 1.165) is 12.1 Å². The monoisotopic (exact) mass is 241 g/mol. The molecule has 4 heteroatoms. The fourth-order valence-electron chi connectivity index (χ4n) is 1.62. The van der Waals surface area contributed by atoms with Crippen molar-refractivity contribution in [2.75, 3.05) is 12.4 Å². The van der Waals surface area contributed by atoms with Crippen molar-refractivity contribution in [3.8, 4) is 0 Å². The van der Waals surface area contributed by atoms with Crippen LogP contribution < -0.4 is 10.6 Å². The number of carbonyl (C=O) groups excluding carboxylic acids is 1. The molecule has 0 aliphatic rings. The van der Waals surface area contributed by atoms with Crippen molar-refractivity contribution in [2.45, 2.75) is 6.54 Å².